The van der Waals surface area contributed by atoms with Gasteiger partial charge in [0.1, 0.15) is 42.5 Å². The maximum atomic E-state index is 14.8. The second kappa shape index (κ2) is 34.5. The Kier molecular flexibility index (Phi) is 28.3. The van der Waals surface area contributed by atoms with Gasteiger partial charge in [0.25, 0.3) is 0 Å². The second-order valence-corrected chi connectivity index (χ2v) is 23.6. The molecule has 5 heterocycles. The third-order valence-electron chi connectivity index (χ3n) is 17.0. The van der Waals surface area contributed by atoms with Crippen molar-refractivity contribution in [1.82, 2.24) is 5.32 Å². The van der Waals surface area contributed by atoms with Crippen LogP contribution in [0.25, 0.3) is 0 Å². The molecule has 5 aliphatic rings. The molecule has 5 fully saturated rings. The lowest BCUT2D eigenvalue weighted by Gasteiger charge is -2.54. The van der Waals surface area contributed by atoms with Gasteiger partial charge in [0.15, 0.2) is 18.9 Å². The van der Waals surface area contributed by atoms with Gasteiger partial charge in [-0.25, -0.2) is 4.79 Å². The Bertz CT molecular complexity index is 2550. The normalized spacial score (nSPS) is 36.0. The van der Waals surface area contributed by atoms with E-state index >= 15 is 0 Å². The highest BCUT2D eigenvalue weighted by Gasteiger charge is 2.63. The quantitative estimate of drug-likeness (QED) is 0.0331. The van der Waals surface area contributed by atoms with Crippen LogP contribution in [0.15, 0.2) is 115 Å². The molecular formula is C65H95NO22. The number of carbonyl (C=O) groups is 3. The molecule has 88 heavy (non-hydrogen) atoms. The monoisotopic (exact) mass is 1240 g/mol. The van der Waals surface area contributed by atoms with Gasteiger partial charge in [-0.1, -0.05) is 124 Å². The summed E-state index contributed by atoms with van der Waals surface area (Å²) in [5.74, 6) is -7.27. The number of aliphatic hydroxyl groups is 5. The first-order chi connectivity index (χ1) is 42.0. The zero-order chi connectivity index (χ0) is 64.3. The van der Waals surface area contributed by atoms with Crippen LogP contribution >= 0.6 is 0 Å². The number of aliphatic hydroxyl groups excluding tert-OH is 4. The van der Waals surface area contributed by atoms with Crippen molar-refractivity contribution < 1.29 is 107 Å². The van der Waals surface area contributed by atoms with Crippen molar-refractivity contribution in [3.63, 3.8) is 0 Å². The van der Waals surface area contributed by atoms with Crippen LogP contribution in [0, 0.1) is 17.3 Å². The number of rotatable bonds is 29. The number of hydrogen-bond donors (Lipinski definition) is 7. The minimum atomic E-state index is -2.79. The molecule has 1 amide bonds. The fourth-order valence-electron chi connectivity index (χ4n) is 11.9. The highest BCUT2D eigenvalue weighted by atomic mass is 16.7. The van der Waals surface area contributed by atoms with Gasteiger partial charge >= 0.3 is 11.9 Å². The number of carbonyl (C=O) groups excluding carboxylic acids is 2. The van der Waals surface area contributed by atoms with Crippen molar-refractivity contribution in [3.8, 4) is 0 Å². The SMILES string of the molecule is CO[C@H]1C[C@H](O[C@H]2[C@H](C)O[C@H](O[C@@H]3[C@H](C)OC(OC[C@@H](C(=O)NC/C=C/C=C(/C)[C@@H](OC)[C@@H](C)[C@H]4CC(O)[C@@H](/C=C/C=C/C=C/C(=O)O)O4)[C@@]4(O)O[C@@H](/C=C/C=C/CO)C(C)(C)[C@@H](OC(=O)Cc5ccccc5)[C@H]4O)C[C@@H]3OC)C[C@H]2OC)O[C@@H](C)[C@H]1O. The molecule has 1 aromatic rings. The zero-order valence-electron chi connectivity index (χ0n) is 52.4. The number of amides is 1. The van der Waals surface area contributed by atoms with Gasteiger partial charge in [-0.3, -0.25) is 9.59 Å². The molecule has 2 unspecified atom stereocenters. The number of hydrogen-bond acceptors (Lipinski definition) is 21. The molecule has 0 bridgehead atoms. The predicted molar refractivity (Wildman–Crippen MR) is 320 cm³/mol. The van der Waals surface area contributed by atoms with Crippen LogP contribution < -0.4 is 5.32 Å². The summed E-state index contributed by atoms with van der Waals surface area (Å²) < 4.78 is 80.3. The first-order valence-corrected chi connectivity index (χ1v) is 30.1. The van der Waals surface area contributed by atoms with Crippen LogP contribution in [-0.4, -0.2) is 219 Å². The van der Waals surface area contributed by atoms with Gasteiger partial charge in [0, 0.05) is 78.1 Å². The topological polar surface area (TPSA) is 305 Å². The van der Waals surface area contributed by atoms with Gasteiger partial charge in [-0.15, -0.1) is 0 Å². The Morgan fingerprint density at radius 2 is 1.35 bits per heavy atom. The standard InChI is InChI=1S/C65H95NO22/c1-38(58(79-11)39(2)47-33-45(68)46(84-47)27-18-12-13-20-29-52(69)70)24-21-22-30-66-63(74)44(65(75)61(73)62(85-53(71)32-43-25-16-14-17-26-43)64(6,7)51(88-65)28-19-15-23-31-67)37-80-54-35-49(77-9)59(41(4)82-54)87-56-36-50(78-10)60(42(5)83-56)86-55-34-48(76-8)57(72)40(3)81-55/h12-29,39-42,44-51,54-62,67-68,72-73,75H,30-37H2,1-11H3,(H,66,74)(H,69,70)/b13-12+,22-21+,23-15+,27-18+,28-19+,29-20+,38-24-/t39-,40-,41-,42-,44-,45?,46+,47+,48-,49-,50+,51-,54?,55-,56+,57+,58+,59+,60-,61+,62-,65+/m0/s1. The lowest BCUT2D eigenvalue weighted by Crippen LogP contribution is -2.70. The van der Waals surface area contributed by atoms with Crippen LogP contribution in [0.5, 0.6) is 0 Å². The highest BCUT2D eigenvalue weighted by Crippen LogP contribution is 2.46. The molecular weight excluding hydrogens is 1150 g/mol. The fourth-order valence-corrected chi connectivity index (χ4v) is 11.9. The van der Waals surface area contributed by atoms with Crippen LogP contribution in [0.3, 0.4) is 0 Å². The summed E-state index contributed by atoms with van der Waals surface area (Å²) >= 11 is 0. The molecule has 22 atom stereocenters. The molecule has 7 N–H and O–H groups in total. The molecule has 0 radical (unpaired) electrons. The van der Waals surface area contributed by atoms with E-state index in [0.29, 0.717) is 18.4 Å². The fraction of sp³-hybridized carbons (Fsp3) is 0.646. The number of aliphatic carboxylic acids is 1. The molecule has 0 saturated carbocycles. The summed E-state index contributed by atoms with van der Waals surface area (Å²) in [5.41, 5.74) is 0.241. The highest BCUT2D eigenvalue weighted by molar-refractivity contribution is 5.80. The van der Waals surface area contributed by atoms with Crippen molar-refractivity contribution >= 4 is 17.8 Å². The number of nitrogens with one attached hydrogen (secondary N) is 1. The van der Waals surface area contributed by atoms with E-state index in [9.17, 15) is 39.9 Å². The summed E-state index contributed by atoms with van der Waals surface area (Å²) in [6.45, 7) is 11.7. The van der Waals surface area contributed by atoms with Crippen molar-refractivity contribution in [1.29, 1.82) is 0 Å². The number of esters is 1. The molecule has 0 aromatic heterocycles. The first-order valence-electron chi connectivity index (χ1n) is 30.1. The molecule has 492 valence electrons. The third kappa shape index (κ3) is 19.3. The maximum absolute atomic E-state index is 14.8. The van der Waals surface area contributed by atoms with E-state index < -0.39 is 152 Å². The zero-order valence-corrected chi connectivity index (χ0v) is 52.4. The van der Waals surface area contributed by atoms with Gasteiger partial charge in [0.05, 0.1) is 80.7 Å². The minimum absolute atomic E-state index is 0.0758. The van der Waals surface area contributed by atoms with Gasteiger partial charge in [-0.2, -0.15) is 0 Å². The van der Waals surface area contributed by atoms with Crippen molar-refractivity contribution in [2.75, 3.05) is 48.2 Å². The van der Waals surface area contributed by atoms with Crippen molar-refractivity contribution in [2.45, 2.75) is 203 Å². The largest absolute Gasteiger partial charge is 0.478 e. The van der Waals surface area contributed by atoms with Crippen LogP contribution in [0.1, 0.15) is 79.7 Å². The molecule has 1 aromatic carbocycles. The molecule has 23 heteroatoms. The summed E-state index contributed by atoms with van der Waals surface area (Å²) in [6.07, 6.45) is 6.57. The lowest BCUT2D eigenvalue weighted by molar-refractivity contribution is -0.367. The smallest absolute Gasteiger partial charge is 0.328 e. The minimum Gasteiger partial charge on any atom is -0.478 e. The van der Waals surface area contributed by atoms with E-state index in [1.54, 1.807) is 121 Å². The summed E-state index contributed by atoms with van der Waals surface area (Å²) in [4.78, 5) is 39.3. The van der Waals surface area contributed by atoms with E-state index in [-0.39, 0.29) is 44.4 Å². The Morgan fingerprint density at radius 3 is 1.98 bits per heavy atom. The van der Waals surface area contributed by atoms with E-state index in [1.165, 1.54) is 26.4 Å². The maximum Gasteiger partial charge on any atom is 0.328 e. The first kappa shape index (κ1) is 72.2. The summed E-state index contributed by atoms with van der Waals surface area (Å²) in [5, 5.41) is 67.9. The number of methoxy groups -OCH3 is 4. The number of carboxylic acids is 1. The molecule has 23 nitrogen and oxygen atoms in total. The van der Waals surface area contributed by atoms with E-state index in [1.807, 2.05) is 32.9 Å². The molecule has 5 aliphatic heterocycles. The van der Waals surface area contributed by atoms with Crippen LogP contribution in [0.2, 0.25) is 0 Å². The van der Waals surface area contributed by atoms with E-state index in [4.69, 9.17) is 66.7 Å². The lowest BCUT2D eigenvalue weighted by atomic mass is 9.71. The van der Waals surface area contributed by atoms with Crippen molar-refractivity contribution in [2.24, 2.45) is 17.3 Å². The summed E-state index contributed by atoms with van der Waals surface area (Å²) in [6, 6.07) is 8.88. The second-order valence-electron chi connectivity index (χ2n) is 23.6. The van der Waals surface area contributed by atoms with Crippen LogP contribution in [-0.2, 0) is 82.4 Å². The predicted octanol–water partition coefficient (Wildman–Crippen LogP) is 4.48. The summed E-state index contributed by atoms with van der Waals surface area (Å²) in [7, 11) is 6.20. The van der Waals surface area contributed by atoms with E-state index in [0.717, 1.165) is 11.6 Å². The van der Waals surface area contributed by atoms with Gasteiger partial charge in [-0.05, 0) is 38.8 Å². The third-order valence-corrected chi connectivity index (χ3v) is 17.0. The molecule has 5 saturated heterocycles. The van der Waals surface area contributed by atoms with E-state index in [2.05, 4.69) is 5.32 Å². The molecule has 0 spiro atoms. The Labute approximate surface area is 516 Å². The number of allylic oxidation sites excluding steroid dienone is 8. The number of carboxylic acid groups (broad SMARTS) is 1. The molecule has 6 rings (SSSR count). The Balaban J connectivity index is 1.19. The Hall–Kier alpha value is -4.87. The average Bonchev–Trinajstić information content (AvgIpc) is 0.881. The number of benzene rings is 1. The number of ether oxygens (including phenoxy) is 13. The van der Waals surface area contributed by atoms with Gasteiger partial charge < -0.3 is 97.5 Å². The van der Waals surface area contributed by atoms with Gasteiger partial charge in [0.2, 0.25) is 11.7 Å². The average molecular weight is 1240 g/mol. The van der Waals surface area contributed by atoms with Crippen LogP contribution in [0.4, 0.5) is 0 Å². The molecule has 0 aliphatic carbocycles. The van der Waals surface area contributed by atoms with Crippen molar-refractivity contribution in [3.05, 3.63) is 120 Å². The Morgan fingerprint density at radius 1 is 0.750 bits per heavy atom.